The van der Waals surface area contributed by atoms with Crippen molar-refractivity contribution in [2.45, 2.75) is 26.1 Å². The monoisotopic (exact) mass is 251 g/mol. The lowest BCUT2D eigenvalue weighted by atomic mass is 9.79. The smallest absolute Gasteiger partial charge is 0.312 e. The second-order valence-corrected chi connectivity index (χ2v) is 5.16. The summed E-state index contributed by atoms with van der Waals surface area (Å²) in [6, 6.07) is 9.84. The van der Waals surface area contributed by atoms with Gasteiger partial charge in [-0.2, -0.15) is 0 Å². The van der Waals surface area contributed by atoms with Gasteiger partial charge in [0, 0.05) is 13.1 Å². The zero-order chi connectivity index (χ0) is 13.2. The molecule has 0 aromatic heterocycles. The van der Waals surface area contributed by atoms with Gasteiger partial charge in [0.15, 0.2) is 0 Å². The maximum atomic E-state index is 14.0. The summed E-state index contributed by atoms with van der Waals surface area (Å²) < 4.78 is 14.0. The van der Waals surface area contributed by atoms with Crippen LogP contribution < -0.4 is 0 Å². The highest BCUT2D eigenvalue weighted by atomic mass is 19.1. The van der Waals surface area contributed by atoms with E-state index in [1.807, 2.05) is 35.2 Å². The van der Waals surface area contributed by atoms with Crippen LogP contribution in [-0.4, -0.2) is 35.2 Å². The van der Waals surface area contributed by atoms with E-state index in [0.717, 1.165) is 5.56 Å². The molecule has 1 heterocycles. The SMILES string of the molecule is CC1(C(=O)O)CCN(Cc2ccccc2)CC1F. The predicted octanol–water partition coefficient (Wildman–Crippen LogP) is 2.32. The number of alkyl halides is 1. The van der Waals surface area contributed by atoms with E-state index in [-0.39, 0.29) is 6.54 Å². The molecule has 1 aliphatic heterocycles. The van der Waals surface area contributed by atoms with Crippen LogP contribution in [0, 0.1) is 5.41 Å². The number of aliphatic carboxylic acids is 1. The molecule has 2 rings (SSSR count). The van der Waals surface area contributed by atoms with Crippen LogP contribution in [0.2, 0.25) is 0 Å². The van der Waals surface area contributed by atoms with Gasteiger partial charge in [-0.15, -0.1) is 0 Å². The average Bonchev–Trinajstić information content (AvgIpc) is 2.35. The third kappa shape index (κ3) is 2.53. The molecule has 3 nitrogen and oxygen atoms in total. The zero-order valence-corrected chi connectivity index (χ0v) is 10.5. The summed E-state index contributed by atoms with van der Waals surface area (Å²) in [5, 5.41) is 9.09. The minimum Gasteiger partial charge on any atom is -0.481 e. The van der Waals surface area contributed by atoms with Crippen LogP contribution in [0.15, 0.2) is 30.3 Å². The lowest BCUT2D eigenvalue weighted by molar-refractivity contribution is -0.156. The Labute approximate surface area is 106 Å². The first-order chi connectivity index (χ1) is 8.52. The molecule has 1 N–H and O–H groups in total. The van der Waals surface area contributed by atoms with E-state index in [0.29, 0.717) is 19.5 Å². The van der Waals surface area contributed by atoms with Gasteiger partial charge >= 0.3 is 5.97 Å². The standard InChI is InChI=1S/C14H18FNO2/c1-14(13(17)18)7-8-16(10-12(14)15)9-11-5-3-2-4-6-11/h2-6,12H,7-10H2,1H3,(H,17,18). The minimum absolute atomic E-state index is 0.192. The van der Waals surface area contributed by atoms with Crippen LogP contribution in [0.5, 0.6) is 0 Å². The number of nitrogens with zero attached hydrogens (tertiary/aromatic N) is 1. The van der Waals surface area contributed by atoms with Crippen molar-refractivity contribution in [2.75, 3.05) is 13.1 Å². The van der Waals surface area contributed by atoms with Crippen molar-refractivity contribution >= 4 is 5.97 Å². The van der Waals surface area contributed by atoms with Crippen molar-refractivity contribution < 1.29 is 14.3 Å². The summed E-state index contributed by atoms with van der Waals surface area (Å²) in [7, 11) is 0. The number of benzene rings is 1. The molecule has 1 aromatic carbocycles. The van der Waals surface area contributed by atoms with Gasteiger partial charge in [-0.1, -0.05) is 30.3 Å². The van der Waals surface area contributed by atoms with Crippen LogP contribution in [0.1, 0.15) is 18.9 Å². The highest BCUT2D eigenvalue weighted by molar-refractivity contribution is 5.75. The first-order valence-electron chi connectivity index (χ1n) is 6.16. The highest BCUT2D eigenvalue weighted by Crippen LogP contribution is 2.34. The summed E-state index contributed by atoms with van der Waals surface area (Å²) in [6.45, 7) is 2.99. The molecule has 0 saturated carbocycles. The highest BCUT2D eigenvalue weighted by Gasteiger charge is 2.45. The quantitative estimate of drug-likeness (QED) is 0.896. The summed E-state index contributed by atoms with van der Waals surface area (Å²) in [6.07, 6.45) is -0.955. The Morgan fingerprint density at radius 2 is 2.17 bits per heavy atom. The molecule has 98 valence electrons. The molecule has 4 heteroatoms. The molecule has 0 amide bonds. The number of carboxylic acid groups (broad SMARTS) is 1. The maximum Gasteiger partial charge on any atom is 0.312 e. The molecule has 0 bridgehead atoms. The molecular weight excluding hydrogens is 233 g/mol. The fraction of sp³-hybridized carbons (Fsp3) is 0.500. The summed E-state index contributed by atoms with van der Waals surface area (Å²) in [5.74, 6) is -1.03. The van der Waals surface area contributed by atoms with E-state index < -0.39 is 17.6 Å². The Morgan fingerprint density at radius 3 is 2.72 bits per heavy atom. The van der Waals surface area contributed by atoms with Gasteiger partial charge in [0.2, 0.25) is 0 Å². The number of hydrogen-bond donors (Lipinski definition) is 1. The summed E-state index contributed by atoms with van der Waals surface area (Å²) >= 11 is 0. The first-order valence-corrected chi connectivity index (χ1v) is 6.16. The molecule has 2 atom stereocenters. The van der Waals surface area contributed by atoms with E-state index in [1.54, 1.807) is 0 Å². The Kier molecular flexibility index (Phi) is 3.66. The summed E-state index contributed by atoms with van der Waals surface area (Å²) in [5.41, 5.74) is -0.101. The zero-order valence-electron chi connectivity index (χ0n) is 10.5. The van der Waals surface area contributed by atoms with Crippen LogP contribution in [-0.2, 0) is 11.3 Å². The second-order valence-electron chi connectivity index (χ2n) is 5.16. The van der Waals surface area contributed by atoms with Crippen molar-refractivity contribution in [1.82, 2.24) is 4.90 Å². The van der Waals surface area contributed by atoms with Crippen molar-refractivity contribution in [1.29, 1.82) is 0 Å². The lowest BCUT2D eigenvalue weighted by Crippen LogP contribution is -2.50. The number of carboxylic acids is 1. The van der Waals surface area contributed by atoms with E-state index in [4.69, 9.17) is 5.11 Å². The van der Waals surface area contributed by atoms with Crippen molar-refractivity contribution in [2.24, 2.45) is 5.41 Å². The maximum absolute atomic E-state index is 14.0. The van der Waals surface area contributed by atoms with Gasteiger partial charge in [0.05, 0.1) is 5.41 Å². The van der Waals surface area contributed by atoms with E-state index in [2.05, 4.69) is 0 Å². The average molecular weight is 251 g/mol. The van der Waals surface area contributed by atoms with Crippen molar-refractivity contribution in [3.8, 4) is 0 Å². The van der Waals surface area contributed by atoms with Gasteiger partial charge in [-0.05, 0) is 25.5 Å². The molecule has 18 heavy (non-hydrogen) atoms. The number of likely N-dealkylation sites (tertiary alicyclic amines) is 1. The van der Waals surface area contributed by atoms with Crippen molar-refractivity contribution in [3.63, 3.8) is 0 Å². The van der Waals surface area contributed by atoms with Gasteiger partial charge < -0.3 is 5.11 Å². The molecule has 0 aliphatic carbocycles. The third-order valence-electron chi connectivity index (χ3n) is 3.79. The molecule has 1 fully saturated rings. The Morgan fingerprint density at radius 1 is 1.50 bits per heavy atom. The Bertz CT molecular complexity index is 423. The van der Waals surface area contributed by atoms with Gasteiger partial charge in [0.1, 0.15) is 6.17 Å². The summed E-state index contributed by atoms with van der Waals surface area (Å²) in [4.78, 5) is 13.1. The van der Waals surface area contributed by atoms with Crippen LogP contribution in [0.25, 0.3) is 0 Å². The van der Waals surface area contributed by atoms with E-state index in [9.17, 15) is 9.18 Å². The fourth-order valence-electron chi connectivity index (χ4n) is 2.29. The minimum atomic E-state index is -1.31. The molecular formula is C14H18FNO2. The largest absolute Gasteiger partial charge is 0.481 e. The van der Waals surface area contributed by atoms with Crippen LogP contribution in [0.4, 0.5) is 4.39 Å². The fourth-order valence-corrected chi connectivity index (χ4v) is 2.29. The normalized spacial score (nSPS) is 29.1. The molecule has 0 spiro atoms. The Balaban J connectivity index is 1.99. The van der Waals surface area contributed by atoms with E-state index >= 15 is 0 Å². The third-order valence-corrected chi connectivity index (χ3v) is 3.79. The van der Waals surface area contributed by atoms with Crippen LogP contribution in [0.3, 0.4) is 0 Å². The second kappa shape index (κ2) is 5.06. The number of rotatable bonds is 3. The number of hydrogen-bond acceptors (Lipinski definition) is 2. The van der Waals surface area contributed by atoms with E-state index in [1.165, 1.54) is 6.92 Å². The number of halogens is 1. The molecule has 2 unspecified atom stereocenters. The Hall–Kier alpha value is -1.42. The van der Waals surface area contributed by atoms with Gasteiger partial charge in [-0.3, -0.25) is 9.69 Å². The number of carbonyl (C=O) groups is 1. The van der Waals surface area contributed by atoms with Gasteiger partial charge in [-0.25, -0.2) is 4.39 Å². The van der Waals surface area contributed by atoms with Gasteiger partial charge in [0.25, 0.3) is 0 Å². The number of piperidine rings is 1. The molecule has 1 aliphatic rings. The predicted molar refractivity (Wildman–Crippen MR) is 67.0 cm³/mol. The molecule has 1 saturated heterocycles. The topological polar surface area (TPSA) is 40.5 Å². The lowest BCUT2D eigenvalue weighted by Gasteiger charge is -2.39. The van der Waals surface area contributed by atoms with Crippen molar-refractivity contribution in [3.05, 3.63) is 35.9 Å². The van der Waals surface area contributed by atoms with Crippen LogP contribution >= 0.6 is 0 Å². The first kappa shape index (κ1) is 13.0. The molecule has 0 radical (unpaired) electrons. The molecule has 1 aromatic rings.